The highest BCUT2D eigenvalue weighted by atomic mass is 35.5. The van der Waals surface area contributed by atoms with Crippen LogP contribution in [0.1, 0.15) is 38.8 Å². The van der Waals surface area contributed by atoms with Gasteiger partial charge in [0.2, 0.25) is 0 Å². The summed E-state index contributed by atoms with van der Waals surface area (Å²) in [4.78, 5) is 11.9. The average molecular weight is 284 g/mol. The summed E-state index contributed by atoms with van der Waals surface area (Å²) in [6, 6.07) is 3.68. The van der Waals surface area contributed by atoms with Gasteiger partial charge in [-0.1, -0.05) is 24.6 Å². The SMILES string of the molecule is Cc1c(CC(C)C(=O)OC(C)(C)C)ccc(Cl)c1N. The number of ether oxygens (including phenoxy) is 1. The molecule has 19 heavy (non-hydrogen) atoms. The van der Waals surface area contributed by atoms with Crippen LogP contribution in [0.4, 0.5) is 5.69 Å². The number of anilines is 1. The second-order valence-electron chi connectivity index (χ2n) is 5.88. The molecule has 0 spiro atoms. The van der Waals surface area contributed by atoms with Crippen LogP contribution in [-0.4, -0.2) is 11.6 Å². The van der Waals surface area contributed by atoms with E-state index in [0.29, 0.717) is 17.1 Å². The van der Waals surface area contributed by atoms with Crippen molar-refractivity contribution in [1.82, 2.24) is 0 Å². The Hall–Kier alpha value is -1.22. The zero-order valence-electron chi connectivity index (χ0n) is 12.2. The molecule has 4 heteroatoms. The van der Waals surface area contributed by atoms with Crippen molar-refractivity contribution in [2.45, 2.75) is 46.6 Å². The highest BCUT2D eigenvalue weighted by molar-refractivity contribution is 6.33. The lowest BCUT2D eigenvalue weighted by Crippen LogP contribution is -2.28. The topological polar surface area (TPSA) is 52.3 Å². The number of hydrogen-bond acceptors (Lipinski definition) is 3. The van der Waals surface area contributed by atoms with E-state index in [4.69, 9.17) is 22.1 Å². The van der Waals surface area contributed by atoms with Gasteiger partial charge < -0.3 is 10.5 Å². The molecule has 0 aliphatic heterocycles. The largest absolute Gasteiger partial charge is 0.460 e. The summed E-state index contributed by atoms with van der Waals surface area (Å²) in [5.41, 5.74) is 7.97. The second-order valence-corrected chi connectivity index (χ2v) is 6.29. The Morgan fingerprint density at radius 3 is 2.53 bits per heavy atom. The van der Waals surface area contributed by atoms with E-state index in [1.807, 2.05) is 40.7 Å². The van der Waals surface area contributed by atoms with Gasteiger partial charge in [-0.15, -0.1) is 0 Å². The molecule has 0 aliphatic rings. The molecule has 3 nitrogen and oxygen atoms in total. The predicted molar refractivity (Wildman–Crippen MR) is 79.3 cm³/mol. The first-order chi connectivity index (χ1) is 8.61. The minimum atomic E-state index is -0.459. The molecule has 0 radical (unpaired) electrons. The van der Waals surface area contributed by atoms with Crippen LogP contribution in [0.2, 0.25) is 5.02 Å². The third kappa shape index (κ3) is 4.43. The summed E-state index contributed by atoms with van der Waals surface area (Å²) in [5, 5.41) is 0.547. The second kappa shape index (κ2) is 5.83. The number of nitrogens with two attached hydrogens (primary N) is 1. The summed E-state index contributed by atoms with van der Waals surface area (Å²) < 4.78 is 5.37. The van der Waals surface area contributed by atoms with Gasteiger partial charge in [-0.25, -0.2) is 0 Å². The molecular formula is C15H22ClNO2. The fourth-order valence-corrected chi connectivity index (χ4v) is 1.98. The van der Waals surface area contributed by atoms with E-state index >= 15 is 0 Å². The first-order valence-electron chi connectivity index (χ1n) is 6.38. The van der Waals surface area contributed by atoms with Gasteiger partial charge in [0.25, 0.3) is 0 Å². The van der Waals surface area contributed by atoms with Crippen molar-refractivity contribution in [2.75, 3.05) is 5.73 Å². The van der Waals surface area contributed by atoms with E-state index < -0.39 is 5.60 Å². The average Bonchev–Trinajstić information content (AvgIpc) is 2.27. The molecule has 106 valence electrons. The molecule has 1 unspecified atom stereocenters. The first kappa shape index (κ1) is 15.8. The van der Waals surface area contributed by atoms with Crippen molar-refractivity contribution in [2.24, 2.45) is 5.92 Å². The molecule has 1 aromatic rings. The van der Waals surface area contributed by atoms with Crippen molar-refractivity contribution in [3.63, 3.8) is 0 Å². The van der Waals surface area contributed by atoms with Gasteiger partial charge in [-0.05, 0) is 51.3 Å². The van der Waals surface area contributed by atoms with Crippen molar-refractivity contribution in [3.8, 4) is 0 Å². The van der Waals surface area contributed by atoms with E-state index in [1.54, 1.807) is 6.07 Å². The minimum Gasteiger partial charge on any atom is -0.460 e. The summed E-state index contributed by atoms with van der Waals surface area (Å²) in [6.07, 6.45) is 0.599. The molecule has 1 atom stereocenters. The summed E-state index contributed by atoms with van der Waals surface area (Å²) in [7, 11) is 0. The Kier molecular flexibility index (Phi) is 4.86. The van der Waals surface area contributed by atoms with Crippen LogP contribution in [0.25, 0.3) is 0 Å². The first-order valence-corrected chi connectivity index (χ1v) is 6.76. The maximum absolute atomic E-state index is 11.9. The van der Waals surface area contributed by atoms with Crippen LogP contribution in [0.3, 0.4) is 0 Å². The van der Waals surface area contributed by atoms with Crippen LogP contribution < -0.4 is 5.73 Å². The molecule has 0 aromatic heterocycles. The van der Waals surface area contributed by atoms with Gasteiger partial charge >= 0.3 is 5.97 Å². The molecule has 1 rings (SSSR count). The normalized spacial score (nSPS) is 13.2. The third-order valence-corrected chi connectivity index (χ3v) is 3.24. The Morgan fingerprint density at radius 1 is 1.42 bits per heavy atom. The summed E-state index contributed by atoms with van der Waals surface area (Å²) in [5.74, 6) is -0.404. The van der Waals surface area contributed by atoms with Crippen LogP contribution in [0.5, 0.6) is 0 Å². The molecule has 0 saturated heterocycles. The highest BCUT2D eigenvalue weighted by Gasteiger charge is 2.22. The smallest absolute Gasteiger partial charge is 0.309 e. The number of halogens is 1. The monoisotopic (exact) mass is 283 g/mol. The van der Waals surface area contributed by atoms with Crippen LogP contribution in [0.15, 0.2) is 12.1 Å². The number of nitrogen functional groups attached to an aromatic ring is 1. The van der Waals surface area contributed by atoms with E-state index in [2.05, 4.69) is 0 Å². The Balaban J connectivity index is 2.80. The van der Waals surface area contributed by atoms with Crippen molar-refractivity contribution >= 4 is 23.3 Å². The number of esters is 1. The lowest BCUT2D eigenvalue weighted by molar-refractivity contribution is -0.159. The van der Waals surface area contributed by atoms with E-state index in [1.165, 1.54) is 0 Å². The number of rotatable bonds is 3. The Morgan fingerprint density at radius 2 is 2.00 bits per heavy atom. The maximum atomic E-state index is 11.9. The van der Waals surface area contributed by atoms with Crippen molar-refractivity contribution in [3.05, 3.63) is 28.3 Å². The lowest BCUT2D eigenvalue weighted by atomic mass is 9.96. The van der Waals surface area contributed by atoms with Crippen molar-refractivity contribution < 1.29 is 9.53 Å². The quantitative estimate of drug-likeness (QED) is 0.679. The van der Waals surface area contributed by atoms with E-state index in [-0.39, 0.29) is 11.9 Å². The molecule has 0 heterocycles. The fourth-order valence-electron chi connectivity index (χ4n) is 1.78. The molecule has 0 fully saturated rings. The highest BCUT2D eigenvalue weighted by Crippen LogP contribution is 2.27. The maximum Gasteiger partial charge on any atom is 0.309 e. The molecule has 0 aliphatic carbocycles. The van der Waals surface area contributed by atoms with Gasteiger partial charge in [-0.3, -0.25) is 4.79 Å². The fraction of sp³-hybridized carbons (Fsp3) is 0.533. The molecule has 0 amide bonds. The van der Waals surface area contributed by atoms with Gasteiger partial charge in [0.15, 0.2) is 0 Å². The van der Waals surface area contributed by atoms with E-state index in [9.17, 15) is 4.79 Å². The van der Waals surface area contributed by atoms with E-state index in [0.717, 1.165) is 11.1 Å². The summed E-state index contributed by atoms with van der Waals surface area (Å²) >= 11 is 5.96. The standard InChI is InChI=1S/C15H22ClNO2/c1-9(14(18)19-15(3,4)5)8-11-6-7-12(16)13(17)10(11)2/h6-7,9H,8,17H2,1-5H3. The zero-order chi connectivity index (χ0) is 14.8. The number of carbonyl (C=O) groups excluding carboxylic acids is 1. The van der Waals surface area contributed by atoms with Gasteiger partial charge in [0.1, 0.15) is 5.60 Å². The summed E-state index contributed by atoms with van der Waals surface area (Å²) in [6.45, 7) is 9.37. The van der Waals surface area contributed by atoms with Crippen LogP contribution in [-0.2, 0) is 16.0 Å². The van der Waals surface area contributed by atoms with Crippen LogP contribution >= 0.6 is 11.6 Å². The van der Waals surface area contributed by atoms with Gasteiger partial charge in [-0.2, -0.15) is 0 Å². The van der Waals surface area contributed by atoms with Crippen molar-refractivity contribution in [1.29, 1.82) is 0 Å². The molecule has 0 bridgehead atoms. The third-order valence-electron chi connectivity index (χ3n) is 2.91. The molecule has 2 N–H and O–H groups in total. The number of carbonyl (C=O) groups is 1. The van der Waals surface area contributed by atoms with Crippen LogP contribution in [0, 0.1) is 12.8 Å². The molecular weight excluding hydrogens is 262 g/mol. The molecule has 0 saturated carbocycles. The Bertz CT molecular complexity index is 478. The Labute approximate surface area is 120 Å². The minimum absolute atomic E-state index is 0.194. The zero-order valence-corrected chi connectivity index (χ0v) is 13.0. The predicted octanol–water partition coefficient (Wildman–Crippen LogP) is 3.75. The van der Waals surface area contributed by atoms with Gasteiger partial charge in [0.05, 0.1) is 16.6 Å². The lowest BCUT2D eigenvalue weighted by Gasteiger charge is -2.22. The number of hydrogen-bond donors (Lipinski definition) is 1. The molecule has 1 aromatic carbocycles. The van der Waals surface area contributed by atoms with Gasteiger partial charge in [0, 0.05) is 0 Å². The number of benzene rings is 1.